The number of carbonyl (C=O) groups is 2. The molecule has 0 aliphatic carbocycles. The first-order valence-corrected chi connectivity index (χ1v) is 9.17. The zero-order valence-corrected chi connectivity index (χ0v) is 16.4. The van der Waals surface area contributed by atoms with Gasteiger partial charge >= 0.3 is 12.2 Å². The maximum absolute atomic E-state index is 12.2. The third-order valence-corrected chi connectivity index (χ3v) is 3.91. The molecule has 0 fully saturated rings. The second kappa shape index (κ2) is 11.0. The van der Waals surface area contributed by atoms with Gasteiger partial charge in [-0.15, -0.1) is 0 Å². The van der Waals surface area contributed by atoms with Crippen LogP contribution in [0.5, 0.6) is 5.88 Å². The van der Waals surface area contributed by atoms with Crippen molar-refractivity contribution in [2.24, 2.45) is 0 Å². The van der Waals surface area contributed by atoms with Crippen molar-refractivity contribution in [3.8, 4) is 5.88 Å². The van der Waals surface area contributed by atoms with Crippen molar-refractivity contribution in [2.75, 3.05) is 20.2 Å². The lowest BCUT2D eigenvalue weighted by molar-refractivity contribution is -0.154. The number of hydrogen-bond donors (Lipinski definition) is 2. The molecule has 7 nitrogen and oxygen atoms in total. The lowest BCUT2D eigenvalue weighted by atomic mass is 10.2. The molecule has 0 spiro atoms. The predicted octanol–water partition coefficient (Wildman–Crippen LogP) is 2.87. The summed E-state index contributed by atoms with van der Waals surface area (Å²) in [7, 11) is 1.66. The van der Waals surface area contributed by atoms with E-state index in [-0.39, 0.29) is 37.3 Å². The van der Waals surface area contributed by atoms with E-state index in [0.29, 0.717) is 12.1 Å². The number of benzene rings is 1. The van der Waals surface area contributed by atoms with Crippen LogP contribution in [0.15, 0.2) is 48.7 Å². The molecule has 10 heteroatoms. The number of aromatic nitrogens is 1. The van der Waals surface area contributed by atoms with Gasteiger partial charge in [-0.25, -0.2) is 9.78 Å². The highest BCUT2D eigenvalue weighted by Gasteiger charge is 2.28. The molecule has 0 saturated heterocycles. The Hall–Kier alpha value is -3.30. The third kappa shape index (κ3) is 8.80. The fourth-order valence-electron chi connectivity index (χ4n) is 2.43. The van der Waals surface area contributed by atoms with E-state index in [1.54, 1.807) is 13.1 Å². The van der Waals surface area contributed by atoms with Gasteiger partial charge in [0, 0.05) is 45.4 Å². The maximum Gasteiger partial charge on any atom is 0.422 e. The minimum absolute atomic E-state index is 0.0629. The fourth-order valence-corrected chi connectivity index (χ4v) is 2.43. The first kappa shape index (κ1) is 23.0. The molecule has 2 aromatic rings. The molecular formula is C20H23F3N4O3. The summed E-state index contributed by atoms with van der Waals surface area (Å²) in [5.41, 5.74) is 1.53. The van der Waals surface area contributed by atoms with E-state index in [9.17, 15) is 22.8 Å². The first-order valence-electron chi connectivity index (χ1n) is 9.17. The van der Waals surface area contributed by atoms with Gasteiger partial charge in [0.05, 0.1) is 0 Å². The molecule has 162 valence electrons. The molecule has 30 heavy (non-hydrogen) atoms. The van der Waals surface area contributed by atoms with Crippen molar-refractivity contribution < 1.29 is 27.5 Å². The topological polar surface area (TPSA) is 83.6 Å². The van der Waals surface area contributed by atoms with E-state index in [1.165, 1.54) is 17.2 Å². The second-order valence-corrected chi connectivity index (χ2v) is 6.51. The monoisotopic (exact) mass is 424 g/mol. The van der Waals surface area contributed by atoms with Crippen LogP contribution in [0.3, 0.4) is 0 Å². The van der Waals surface area contributed by atoms with E-state index in [1.807, 2.05) is 30.3 Å². The number of carbonyl (C=O) groups excluding carboxylic acids is 2. The number of urea groups is 1. The average Bonchev–Trinajstić information content (AvgIpc) is 2.71. The predicted molar refractivity (Wildman–Crippen MR) is 104 cm³/mol. The Morgan fingerprint density at radius 1 is 1.10 bits per heavy atom. The van der Waals surface area contributed by atoms with Crippen molar-refractivity contribution in [3.05, 3.63) is 59.8 Å². The van der Waals surface area contributed by atoms with Crippen LogP contribution in [-0.4, -0.2) is 48.2 Å². The molecule has 1 heterocycles. The molecular weight excluding hydrogens is 401 g/mol. The molecule has 0 atom stereocenters. The molecule has 0 aliphatic rings. The number of alkyl halides is 3. The summed E-state index contributed by atoms with van der Waals surface area (Å²) in [4.78, 5) is 29.2. The van der Waals surface area contributed by atoms with Crippen molar-refractivity contribution in [1.29, 1.82) is 0 Å². The molecule has 1 aromatic carbocycles. The van der Waals surface area contributed by atoms with Crippen LogP contribution in [0.25, 0.3) is 0 Å². The summed E-state index contributed by atoms with van der Waals surface area (Å²) in [5, 5.41) is 5.29. The van der Waals surface area contributed by atoms with E-state index < -0.39 is 12.8 Å². The van der Waals surface area contributed by atoms with Crippen LogP contribution < -0.4 is 15.4 Å². The van der Waals surface area contributed by atoms with E-state index in [0.717, 1.165) is 5.56 Å². The Bertz CT molecular complexity index is 832. The number of halogens is 3. The largest absolute Gasteiger partial charge is 0.468 e. The Kier molecular flexibility index (Phi) is 8.45. The van der Waals surface area contributed by atoms with Crippen molar-refractivity contribution in [2.45, 2.75) is 25.7 Å². The minimum Gasteiger partial charge on any atom is -0.468 e. The summed E-state index contributed by atoms with van der Waals surface area (Å²) in [5.74, 6) is -0.483. The molecule has 0 bridgehead atoms. The Labute approximate surface area is 172 Å². The number of ether oxygens (including phenoxy) is 1. The van der Waals surface area contributed by atoms with Gasteiger partial charge in [0.15, 0.2) is 6.61 Å². The molecule has 2 N–H and O–H groups in total. The van der Waals surface area contributed by atoms with E-state index >= 15 is 0 Å². The summed E-state index contributed by atoms with van der Waals surface area (Å²) in [6, 6.07) is 12.1. The summed E-state index contributed by atoms with van der Waals surface area (Å²) < 4.78 is 41.1. The van der Waals surface area contributed by atoms with Crippen LogP contribution in [0.2, 0.25) is 0 Å². The maximum atomic E-state index is 12.2. The van der Waals surface area contributed by atoms with Gasteiger partial charge in [0.1, 0.15) is 0 Å². The number of rotatable bonds is 9. The molecule has 1 aromatic heterocycles. The lowest BCUT2D eigenvalue weighted by Gasteiger charge is -2.18. The molecule has 0 radical (unpaired) electrons. The average molecular weight is 424 g/mol. The molecule has 3 amide bonds. The van der Waals surface area contributed by atoms with Gasteiger partial charge in [-0.3, -0.25) is 4.79 Å². The normalized spacial score (nSPS) is 10.9. The Morgan fingerprint density at radius 2 is 1.83 bits per heavy atom. The van der Waals surface area contributed by atoms with Crippen LogP contribution in [-0.2, 0) is 17.9 Å². The fraction of sp³-hybridized carbons (Fsp3) is 0.350. The van der Waals surface area contributed by atoms with E-state index in [4.69, 9.17) is 0 Å². The van der Waals surface area contributed by atoms with E-state index in [2.05, 4.69) is 20.4 Å². The second-order valence-electron chi connectivity index (χ2n) is 6.51. The minimum atomic E-state index is -4.45. The SMILES string of the molecule is CN(Cc1ccccc1)C(=O)NCCC(=O)NCc1ccnc(OCC(F)(F)F)c1. The quantitative estimate of drug-likeness (QED) is 0.649. The Balaban J connectivity index is 1.68. The first-order chi connectivity index (χ1) is 14.2. The highest BCUT2D eigenvalue weighted by Crippen LogP contribution is 2.17. The number of nitrogens with one attached hydrogen (secondary N) is 2. The van der Waals surface area contributed by atoms with Crippen LogP contribution in [0.1, 0.15) is 17.5 Å². The van der Waals surface area contributed by atoms with Gasteiger partial charge in [0.25, 0.3) is 0 Å². The number of nitrogens with zero attached hydrogens (tertiary/aromatic N) is 2. The van der Waals surface area contributed by atoms with Crippen molar-refractivity contribution >= 4 is 11.9 Å². The Morgan fingerprint density at radius 3 is 2.53 bits per heavy atom. The molecule has 0 saturated carbocycles. The van der Waals surface area contributed by atoms with Gasteiger partial charge in [0.2, 0.25) is 11.8 Å². The van der Waals surface area contributed by atoms with Crippen molar-refractivity contribution in [1.82, 2.24) is 20.5 Å². The summed E-state index contributed by atoms with van der Waals surface area (Å²) in [6.07, 6.45) is -3.09. The zero-order chi connectivity index (χ0) is 22.0. The van der Waals surface area contributed by atoms with Gasteiger partial charge in [-0.2, -0.15) is 13.2 Å². The zero-order valence-electron chi connectivity index (χ0n) is 16.4. The summed E-state index contributed by atoms with van der Waals surface area (Å²) >= 11 is 0. The van der Waals surface area contributed by atoms with Gasteiger partial charge in [-0.1, -0.05) is 30.3 Å². The standard InChI is InChI=1S/C20H23F3N4O3/c1-27(13-15-5-3-2-4-6-15)19(29)25-10-8-17(28)26-12-16-7-9-24-18(11-16)30-14-20(21,22)23/h2-7,9,11H,8,10,12-14H2,1H3,(H,25,29)(H,26,28). The molecule has 0 unspecified atom stereocenters. The van der Waals surface area contributed by atoms with Gasteiger partial charge in [-0.05, 0) is 17.2 Å². The third-order valence-electron chi connectivity index (χ3n) is 3.91. The summed E-state index contributed by atoms with van der Waals surface area (Å²) in [6.45, 7) is -0.737. The lowest BCUT2D eigenvalue weighted by Crippen LogP contribution is -2.38. The smallest absolute Gasteiger partial charge is 0.422 e. The van der Waals surface area contributed by atoms with Crippen LogP contribution in [0.4, 0.5) is 18.0 Å². The highest BCUT2D eigenvalue weighted by atomic mass is 19.4. The number of amides is 3. The number of pyridine rings is 1. The van der Waals surface area contributed by atoms with Crippen molar-refractivity contribution in [3.63, 3.8) is 0 Å². The van der Waals surface area contributed by atoms with Gasteiger partial charge < -0.3 is 20.3 Å². The van der Waals surface area contributed by atoms with Crippen LogP contribution >= 0.6 is 0 Å². The highest BCUT2D eigenvalue weighted by molar-refractivity contribution is 5.78. The molecule has 0 aliphatic heterocycles. The number of hydrogen-bond acceptors (Lipinski definition) is 4. The van der Waals surface area contributed by atoms with Crippen LogP contribution in [0, 0.1) is 0 Å². The molecule has 2 rings (SSSR count).